The highest BCUT2D eigenvalue weighted by molar-refractivity contribution is 5.94. The van der Waals surface area contributed by atoms with Gasteiger partial charge in [0, 0.05) is 13.3 Å². The van der Waals surface area contributed by atoms with Crippen molar-refractivity contribution in [3.05, 3.63) is 22.8 Å². The molecule has 0 saturated heterocycles. The third kappa shape index (κ3) is 3.52. The summed E-state index contributed by atoms with van der Waals surface area (Å²) in [7, 11) is 0. The van der Waals surface area contributed by atoms with Crippen molar-refractivity contribution in [3.8, 4) is 6.07 Å². The van der Waals surface area contributed by atoms with Crippen LogP contribution in [0.25, 0.3) is 0 Å². The molecule has 0 radical (unpaired) electrons. The fraction of sp³-hybridized carbons (Fsp3) is 0.731. The largest absolute Gasteiger partial charge is 0.462 e. The Kier molecular flexibility index (Phi) is 5.79. The monoisotopic (exact) mass is 425 g/mol. The van der Waals surface area contributed by atoms with Crippen LogP contribution < -0.4 is 0 Å². The summed E-state index contributed by atoms with van der Waals surface area (Å²) in [6, 6.07) is 2.18. The lowest BCUT2D eigenvalue weighted by atomic mass is 9.47. The Bertz CT molecular complexity index is 880. The summed E-state index contributed by atoms with van der Waals surface area (Å²) in [5, 5.41) is 9.75. The highest BCUT2D eigenvalue weighted by Crippen LogP contribution is 2.66. The second kappa shape index (κ2) is 8.11. The number of carbonyl (C=O) groups is 2. The van der Waals surface area contributed by atoms with E-state index in [1.165, 1.54) is 12.5 Å². The Labute approximate surface area is 185 Å². The molecule has 0 aliphatic heterocycles. The Morgan fingerprint density at radius 2 is 1.87 bits per heavy atom. The van der Waals surface area contributed by atoms with Crippen LogP contribution in [0.2, 0.25) is 0 Å². The van der Waals surface area contributed by atoms with E-state index in [0.717, 1.165) is 56.9 Å². The number of hydrogen-bond donors (Lipinski definition) is 0. The summed E-state index contributed by atoms with van der Waals surface area (Å²) in [4.78, 5) is 23.9. The number of fused-ring (bicyclic) bond motifs is 5. The summed E-state index contributed by atoms with van der Waals surface area (Å²) < 4.78 is 10.7. The highest BCUT2D eigenvalue weighted by Gasteiger charge is 2.58. The average molecular weight is 426 g/mol. The Balaban J connectivity index is 1.62. The molecule has 4 aliphatic carbocycles. The molecule has 168 valence electrons. The van der Waals surface area contributed by atoms with Gasteiger partial charge in [0.15, 0.2) is 0 Å². The predicted octanol–water partition coefficient (Wildman–Crippen LogP) is 5.26. The smallest absolute Gasteiger partial charge is 0.348 e. The lowest BCUT2D eigenvalue weighted by Gasteiger charge is -2.57. The number of ether oxygens (including phenoxy) is 2. The van der Waals surface area contributed by atoms with Crippen molar-refractivity contribution < 1.29 is 19.1 Å². The van der Waals surface area contributed by atoms with E-state index in [4.69, 9.17) is 9.47 Å². The molecule has 3 saturated carbocycles. The van der Waals surface area contributed by atoms with Crippen LogP contribution in [0.4, 0.5) is 0 Å². The maximum absolute atomic E-state index is 12.5. The number of carbonyl (C=O) groups excluding carboxylic acids is 2. The number of allylic oxidation sites excluding steroid dienone is 2. The fourth-order valence-corrected chi connectivity index (χ4v) is 7.63. The van der Waals surface area contributed by atoms with Crippen molar-refractivity contribution in [1.29, 1.82) is 5.26 Å². The maximum atomic E-state index is 12.5. The molecular weight excluding hydrogens is 390 g/mol. The molecule has 0 bridgehead atoms. The normalized spacial score (nSPS) is 40.4. The quantitative estimate of drug-likeness (QED) is 0.267. The van der Waals surface area contributed by atoms with E-state index in [0.29, 0.717) is 24.4 Å². The van der Waals surface area contributed by atoms with Crippen LogP contribution in [0.5, 0.6) is 0 Å². The molecule has 0 spiro atoms. The standard InChI is InChI=1S/C26H35NO4/c1-5-30-24(29)20(15-27)22-9-8-21-19-7-6-17-14-18(31-16(2)28)10-12-25(17,3)23(19)11-13-26(21,22)4/h6,18-19,21,23H,5,7-14H2,1-4H3/b22-20-/t18-,19+,21+,23+,25+,26+/m1/s1. The molecule has 4 rings (SSSR count). The van der Waals surface area contributed by atoms with Crippen LogP contribution in [-0.4, -0.2) is 24.6 Å². The van der Waals surface area contributed by atoms with E-state index in [1.807, 2.05) is 0 Å². The number of rotatable bonds is 3. The minimum Gasteiger partial charge on any atom is -0.462 e. The maximum Gasteiger partial charge on any atom is 0.348 e. The molecular formula is C26H35NO4. The Morgan fingerprint density at radius 3 is 2.55 bits per heavy atom. The second-order valence-electron chi connectivity index (χ2n) is 10.4. The van der Waals surface area contributed by atoms with Crippen molar-refractivity contribution in [2.45, 2.75) is 85.2 Å². The topological polar surface area (TPSA) is 76.4 Å². The molecule has 0 amide bonds. The number of hydrogen-bond acceptors (Lipinski definition) is 5. The van der Waals surface area contributed by atoms with Crippen LogP contribution in [0.3, 0.4) is 0 Å². The zero-order valence-electron chi connectivity index (χ0n) is 19.3. The lowest BCUT2D eigenvalue weighted by molar-refractivity contribution is -0.148. The molecule has 0 aromatic carbocycles. The van der Waals surface area contributed by atoms with Gasteiger partial charge in [-0.15, -0.1) is 0 Å². The average Bonchev–Trinajstić information content (AvgIpc) is 3.06. The van der Waals surface area contributed by atoms with Crippen molar-refractivity contribution in [2.75, 3.05) is 6.61 Å². The minimum absolute atomic E-state index is 0.0195. The van der Waals surface area contributed by atoms with Crippen molar-refractivity contribution >= 4 is 11.9 Å². The minimum atomic E-state index is -0.453. The van der Waals surface area contributed by atoms with Crippen LogP contribution in [0.1, 0.15) is 79.1 Å². The van der Waals surface area contributed by atoms with E-state index < -0.39 is 5.97 Å². The first kappa shape index (κ1) is 22.1. The molecule has 0 N–H and O–H groups in total. The fourth-order valence-electron chi connectivity index (χ4n) is 7.63. The van der Waals surface area contributed by atoms with Gasteiger partial charge in [-0.1, -0.05) is 25.5 Å². The van der Waals surface area contributed by atoms with Gasteiger partial charge in [0.2, 0.25) is 0 Å². The molecule has 6 atom stereocenters. The van der Waals surface area contributed by atoms with Gasteiger partial charge in [0.25, 0.3) is 0 Å². The highest BCUT2D eigenvalue weighted by atomic mass is 16.5. The first-order valence-corrected chi connectivity index (χ1v) is 11.9. The number of nitrogens with zero attached hydrogens (tertiary/aromatic N) is 1. The molecule has 3 fully saturated rings. The predicted molar refractivity (Wildman–Crippen MR) is 117 cm³/mol. The van der Waals surface area contributed by atoms with E-state index in [1.54, 1.807) is 6.92 Å². The molecule has 4 aliphatic rings. The van der Waals surface area contributed by atoms with Gasteiger partial charge in [-0.3, -0.25) is 4.79 Å². The molecule has 0 heterocycles. The first-order valence-electron chi connectivity index (χ1n) is 11.9. The van der Waals surface area contributed by atoms with Crippen LogP contribution >= 0.6 is 0 Å². The van der Waals surface area contributed by atoms with Gasteiger partial charge in [0.05, 0.1) is 6.61 Å². The van der Waals surface area contributed by atoms with Crippen LogP contribution in [-0.2, 0) is 19.1 Å². The summed E-state index contributed by atoms with van der Waals surface area (Å²) in [6.45, 7) is 8.28. The molecule has 0 aromatic rings. The summed E-state index contributed by atoms with van der Waals surface area (Å²) in [6.07, 6.45) is 10.4. The van der Waals surface area contributed by atoms with Gasteiger partial charge < -0.3 is 9.47 Å². The van der Waals surface area contributed by atoms with Gasteiger partial charge in [-0.25, -0.2) is 4.79 Å². The zero-order valence-corrected chi connectivity index (χ0v) is 19.3. The lowest BCUT2D eigenvalue weighted by Crippen LogP contribution is -2.50. The van der Waals surface area contributed by atoms with E-state index in [9.17, 15) is 14.9 Å². The van der Waals surface area contributed by atoms with Crippen molar-refractivity contribution in [2.24, 2.45) is 28.6 Å². The van der Waals surface area contributed by atoms with Crippen LogP contribution in [0, 0.1) is 39.9 Å². The molecule has 0 aromatic heterocycles. The summed E-state index contributed by atoms with van der Waals surface area (Å²) in [5.74, 6) is 1.07. The van der Waals surface area contributed by atoms with Gasteiger partial charge in [0.1, 0.15) is 17.7 Å². The molecule has 31 heavy (non-hydrogen) atoms. The van der Waals surface area contributed by atoms with E-state index in [-0.39, 0.29) is 28.5 Å². The number of nitriles is 1. The van der Waals surface area contributed by atoms with Crippen molar-refractivity contribution in [3.63, 3.8) is 0 Å². The van der Waals surface area contributed by atoms with Gasteiger partial charge >= 0.3 is 11.9 Å². The van der Waals surface area contributed by atoms with E-state index >= 15 is 0 Å². The van der Waals surface area contributed by atoms with E-state index in [2.05, 4.69) is 26.0 Å². The SMILES string of the molecule is CCOC(=O)/C(C#N)=C1/CC[C@H]2[C@@H]3CC=C4C[C@H](OC(C)=O)CC[C@]4(C)[C@H]3CC[C@]12C. The Morgan fingerprint density at radius 1 is 1.16 bits per heavy atom. The van der Waals surface area contributed by atoms with Crippen molar-refractivity contribution in [1.82, 2.24) is 0 Å². The molecule has 5 heteroatoms. The Hall–Kier alpha value is -2.09. The zero-order chi connectivity index (χ0) is 22.4. The summed E-state index contributed by atoms with van der Waals surface area (Å²) >= 11 is 0. The first-order chi connectivity index (χ1) is 14.7. The van der Waals surface area contributed by atoms with Crippen LogP contribution in [0.15, 0.2) is 22.8 Å². The third-order valence-electron chi connectivity index (χ3n) is 9.07. The second-order valence-corrected chi connectivity index (χ2v) is 10.4. The molecule has 0 unspecified atom stereocenters. The number of esters is 2. The van der Waals surface area contributed by atoms with Gasteiger partial charge in [-0.2, -0.15) is 5.26 Å². The molecule has 5 nitrogen and oxygen atoms in total. The third-order valence-corrected chi connectivity index (χ3v) is 9.07. The van der Waals surface area contributed by atoms with Gasteiger partial charge in [-0.05, 0) is 86.0 Å². The summed E-state index contributed by atoms with van der Waals surface area (Å²) in [5.41, 5.74) is 2.86.